The summed E-state index contributed by atoms with van der Waals surface area (Å²) >= 11 is 1.83. The van der Waals surface area contributed by atoms with Crippen molar-refractivity contribution >= 4 is 17.5 Å². The van der Waals surface area contributed by atoms with Crippen LogP contribution in [0, 0.1) is 0 Å². The zero-order valence-corrected chi connectivity index (χ0v) is 17.5. The Kier molecular flexibility index (Phi) is 6.79. The number of ketones is 1. The SMILES string of the molecule is O=C(c1ccccc1)C(c1ccccc1)C(SCc1ccccc1)c1ccccc1. The Hall–Kier alpha value is -3.10. The highest BCUT2D eigenvalue weighted by atomic mass is 32.2. The molecular weight excluding hydrogens is 384 g/mol. The molecule has 1 nitrogen and oxygen atoms in total. The zero-order chi connectivity index (χ0) is 20.6. The fraction of sp³-hybridized carbons (Fsp3) is 0.107. The highest BCUT2D eigenvalue weighted by Gasteiger charge is 2.32. The van der Waals surface area contributed by atoms with Crippen LogP contribution in [-0.2, 0) is 5.75 Å². The molecule has 148 valence electrons. The minimum absolute atomic E-state index is 0.0153. The molecule has 0 radical (unpaired) electrons. The van der Waals surface area contributed by atoms with Gasteiger partial charge in [-0.3, -0.25) is 4.79 Å². The van der Waals surface area contributed by atoms with Gasteiger partial charge in [-0.15, -0.1) is 11.8 Å². The summed E-state index contributed by atoms with van der Waals surface area (Å²) in [7, 11) is 0. The molecule has 0 bridgehead atoms. The van der Waals surface area contributed by atoms with Gasteiger partial charge in [0.15, 0.2) is 5.78 Å². The van der Waals surface area contributed by atoms with E-state index in [-0.39, 0.29) is 17.0 Å². The summed E-state index contributed by atoms with van der Waals surface area (Å²) < 4.78 is 0. The van der Waals surface area contributed by atoms with E-state index in [1.54, 1.807) is 0 Å². The first-order valence-electron chi connectivity index (χ1n) is 10.2. The molecule has 0 aliphatic rings. The van der Waals surface area contributed by atoms with Gasteiger partial charge in [0.05, 0.1) is 5.92 Å². The maximum atomic E-state index is 13.8. The van der Waals surface area contributed by atoms with E-state index in [9.17, 15) is 4.79 Å². The van der Waals surface area contributed by atoms with Crippen LogP contribution in [0.1, 0.15) is 38.2 Å². The molecule has 0 saturated heterocycles. The summed E-state index contributed by atoms with van der Waals surface area (Å²) in [6, 6.07) is 40.7. The second kappa shape index (κ2) is 10.1. The van der Waals surface area contributed by atoms with Gasteiger partial charge in [-0.2, -0.15) is 0 Å². The number of hydrogen-bond donors (Lipinski definition) is 0. The zero-order valence-electron chi connectivity index (χ0n) is 16.7. The largest absolute Gasteiger partial charge is 0.293 e. The Labute approximate surface area is 182 Å². The quantitative estimate of drug-likeness (QED) is 0.284. The Morgan fingerprint density at radius 1 is 0.600 bits per heavy atom. The van der Waals surface area contributed by atoms with Crippen LogP contribution in [-0.4, -0.2) is 5.78 Å². The van der Waals surface area contributed by atoms with Gasteiger partial charge in [0, 0.05) is 16.6 Å². The number of Topliss-reactive ketones (excluding diaryl/α,β-unsaturated/α-hetero) is 1. The molecule has 0 N–H and O–H groups in total. The summed E-state index contributed by atoms with van der Waals surface area (Å²) in [4.78, 5) is 13.8. The molecule has 0 saturated carbocycles. The van der Waals surface area contributed by atoms with E-state index in [4.69, 9.17) is 0 Å². The molecule has 2 heteroatoms. The lowest BCUT2D eigenvalue weighted by molar-refractivity contribution is 0.0957. The molecule has 0 aliphatic carbocycles. The van der Waals surface area contributed by atoms with Gasteiger partial charge in [0.25, 0.3) is 0 Å². The van der Waals surface area contributed by atoms with Gasteiger partial charge in [0.1, 0.15) is 0 Å². The number of benzene rings is 4. The van der Waals surface area contributed by atoms with Gasteiger partial charge < -0.3 is 0 Å². The van der Waals surface area contributed by atoms with Crippen molar-refractivity contribution in [2.24, 2.45) is 0 Å². The number of carbonyl (C=O) groups excluding carboxylic acids is 1. The average Bonchev–Trinajstić information content (AvgIpc) is 2.84. The van der Waals surface area contributed by atoms with Crippen LogP contribution in [0.3, 0.4) is 0 Å². The van der Waals surface area contributed by atoms with Crippen molar-refractivity contribution < 1.29 is 4.79 Å². The van der Waals surface area contributed by atoms with E-state index >= 15 is 0 Å². The van der Waals surface area contributed by atoms with E-state index in [0.717, 1.165) is 16.9 Å². The summed E-state index contributed by atoms with van der Waals surface area (Å²) in [6.45, 7) is 0. The van der Waals surface area contributed by atoms with Crippen molar-refractivity contribution in [3.8, 4) is 0 Å². The van der Waals surface area contributed by atoms with Crippen molar-refractivity contribution in [3.63, 3.8) is 0 Å². The normalized spacial score (nSPS) is 12.8. The fourth-order valence-electron chi connectivity index (χ4n) is 3.69. The molecule has 4 aromatic carbocycles. The summed E-state index contributed by atoms with van der Waals surface area (Å²) in [5.41, 5.74) is 4.26. The van der Waals surface area contributed by atoms with Crippen LogP contribution in [0.5, 0.6) is 0 Å². The maximum absolute atomic E-state index is 13.8. The molecule has 0 fully saturated rings. The molecule has 0 aliphatic heterocycles. The lowest BCUT2D eigenvalue weighted by Crippen LogP contribution is -2.19. The first-order chi connectivity index (χ1) is 14.8. The molecule has 0 heterocycles. The third-order valence-electron chi connectivity index (χ3n) is 5.20. The predicted octanol–water partition coefficient (Wildman–Crippen LogP) is 7.33. The minimum Gasteiger partial charge on any atom is -0.293 e. The van der Waals surface area contributed by atoms with Crippen LogP contribution in [0.2, 0.25) is 0 Å². The lowest BCUT2D eigenvalue weighted by Gasteiger charge is -2.27. The number of thioether (sulfide) groups is 1. The summed E-state index contributed by atoms with van der Waals surface area (Å²) in [6.07, 6.45) is 0. The van der Waals surface area contributed by atoms with Gasteiger partial charge in [-0.05, 0) is 16.7 Å². The van der Waals surface area contributed by atoms with Gasteiger partial charge >= 0.3 is 0 Å². The van der Waals surface area contributed by atoms with Crippen LogP contribution >= 0.6 is 11.8 Å². The summed E-state index contributed by atoms with van der Waals surface area (Å²) in [5.74, 6) is 0.757. The Morgan fingerprint density at radius 2 is 1.07 bits per heavy atom. The molecule has 2 unspecified atom stereocenters. The smallest absolute Gasteiger partial charge is 0.171 e. The summed E-state index contributed by atoms with van der Waals surface area (Å²) in [5, 5.41) is 0.0153. The van der Waals surface area contributed by atoms with Crippen molar-refractivity contribution in [1.29, 1.82) is 0 Å². The molecule has 0 aromatic heterocycles. The first-order valence-corrected chi connectivity index (χ1v) is 11.2. The predicted molar refractivity (Wildman–Crippen MR) is 127 cm³/mol. The average molecular weight is 409 g/mol. The van der Waals surface area contributed by atoms with E-state index in [2.05, 4.69) is 60.7 Å². The van der Waals surface area contributed by atoms with Crippen LogP contribution in [0.25, 0.3) is 0 Å². The standard InChI is InChI=1S/C28H24OS/c29-27(24-17-9-3-10-18-24)26(23-15-7-2-8-16-23)28(25-19-11-4-12-20-25)30-21-22-13-5-1-6-14-22/h1-20,26,28H,21H2. The van der Waals surface area contributed by atoms with E-state index in [1.165, 1.54) is 11.1 Å². The van der Waals surface area contributed by atoms with Crippen molar-refractivity contribution in [2.45, 2.75) is 16.9 Å². The van der Waals surface area contributed by atoms with Crippen LogP contribution in [0.15, 0.2) is 121 Å². The molecule has 30 heavy (non-hydrogen) atoms. The van der Waals surface area contributed by atoms with Crippen LogP contribution in [0.4, 0.5) is 0 Å². The van der Waals surface area contributed by atoms with E-state index in [1.807, 2.05) is 72.4 Å². The van der Waals surface area contributed by atoms with Crippen molar-refractivity contribution in [2.75, 3.05) is 0 Å². The third-order valence-corrected chi connectivity index (χ3v) is 6.61. The van der Waals surface area contributed by atoms with Gasteiger partial charge in [-0.1, -0.05) is 121 Å². The third kappa shape index (κ3) is 4.90. The molecule has 4 rings (SSSR count). The van der Waals surface area contributed by atoms with E-state index in [0.29, 0.717) is 0 Å². The number of hydrogen-bond acceptors (Lipinski definition) is 2. The second-order valence-corrected chi connectivity index (χ2v) is 8.38. The Balaban J connectivity index is 1.75. The van der Waals surface area contributed by atoms with Crippen molar-refractivity contribution in [3.05, 3.63) is 144 Å². The highest BCUT2D eigenvalue weighted by Crippen LogP contribution is 2.44. The molecule has 0 spiro atoms. The topological polar surface area (TPSA) is 17.1 Å². The number of carbonyl (C=O) groups is 1. The molecule has 0 amide bonds. The number of rotatable bonds is 8. The molecular formula is C28H24OS. The second-order valence-electron chi connectivity index (χ2n) is 7.25. The van der Waals surface area contributed by atoms with Gasteiger partial charge in [-0.25, -0.2) is 0 Å². The highest BCUT2D eigenvalue weighted by molar-refractivity contribution is 7.98. The maximum Gasteiger partial charge on any atom is 0.171 e. The molecule has 2 atom stereocenters. The van der Waals surface area contributed by atoms with Crippen molar-refractivity contribution in [1.82, 2.24) is 0 Å². The Bertz CT molecular complexity index is 1050. The monoisotopic (exact) mass is 408 g/mol. The van der Waals surface area contributed by atoms with E-state index < -0.39 is 0 Å². The fourth-order valence-corrected chi connectivity index (χ4v) is 5.08. The molecule has 4 aromatic rings. The van der Waals surface area contributed by atoms with Gasteiger partial charge in [0.2, 0.25) is 0 Å². The van der Waals surface area contributed by atoms with Crippen LogP contribution < -0.4 is 0 Å². The Morgan fingerprint density at radius 3 is 1.63 bits per heavy atom. The minimum atomic E-state index is -0.260. The lowest BCUT2D eigenvalue weighted by atomic mass is 9.85. The first kappa shape index (κ1) is 20.2.